The zero-order valence-electron chi connectivity index (χ0n) is 12.7. The molecule has 0 saturated carbocycles. The van der Waals surface area contributed by atoms with Gasteiger partial charge in [0.15, 0.2) is 0 Å². The Morgan fingerprint density at radius 2 is 1.80 bits per heavy atom. The summed E-state index contributed by atoms with van der Waals surface area (Å²) < 4.78 is 39.1. The van der Waals surface area contributed by atoms with Crippen LogP contribution in [-0.4, -0.2) is 20.7 Å². The fraction of sp³-hybridized carbons (Fsp3) is 0.0625. The van der Waals surface area contributed by atoms with Crippen LogP contribution in [0.1, 0.15) is 15.9 Å². The SMILES string of the molecule is Nc1ccc(C(=O)Nc2cnn(-c3ccc(C(F)(F)F)cc3)c2)cn1. The van der Waals surface area contributed by atoms with Gasteiger partial charge in [0.2, 0.25) is 0 Å². The van der Waals surface area contributed by atoms with Gasteiger partial charge in [-0.3, -0.25) is 4.79 Å². The fourth-order valence-electron chi connectivity index (χ4n) is 2.07. The third-order valence-electron chi connectivity index (χ3n) is 3.35. The molecule has 3 rings (SSSR count). The van der Waals surface area contributed by atoms with E-state index >= 15 is 0 Å². The summed E-state index contributed by atoms with van der Waals surface area (Å²) in [7, 11) is 0. The van der Waals surface area contributed by atoms with E-state index in [2.05, 4.69) is 15.4 Å². The lowest BCUT2D eigenvalue weighted by molar-refractivity contribution is -0.137. The normalized spacial score (nSPS) is 11.3. The van der Waals surface area contributed by atoms with E-state index in [-0.39, 0.29) is 0 Å². The average molecular weight is 347 g/mol. The molecular formula is C16H12F3N5O. The number of carbonyl (C=O) groups is 1. The van der Waals surface area contributed by atoms with E-state index in [0.717, 1.165) is 12.1 Å². The largest absolute Gasteiger partial charge is 0.416 e. The van der Waals surface area contributed by atoms with Gasteiger partial charge in [-0.15, -0.1) is 0 Å². The third kappa shape index (κ3) is 3.77. The van der Waals surface area contributed by atoms with Crippen molar-refractivity contribution in [3.63, 3.8) is 0 Å². The molecule has 0 radical (unpaired) electrons. The molecule has 3 N–H and O–H groups in total. The molecule has 6 nitrogen and oxygen atoms in total. The van der Waals surface area contributed by atoms with Crippen molar-refractivity contribution < 1.29 is 18.0 Å². The van der Waals surface area contributed by atoms with E-state index in [0.29, 0.717) is 22.8 Å². The number of nitrogens with one attached hydrogen (secondary N) is 1. The molecule has 0 aliphatic heterocycles. The first-order valence-electron chi connectivity index (χ1n) is 7.08. The molecule has 0 aliphatic rings. The van der Waals surface area contributed by atoms with Gasteiger partial charge in [-0.05, 0) is 36.4 Å². The second kappa shape index (κ2) is 6.27. The Kier molecular flexibility index (Phi) is 4.14. The highest BCUT2D eigenvalue weighted by atomic mass is 19.4. The number of rotatable bonds is 3. The molecule has 0 fully saturated rings. The molecule has 1 amide bonds. The Morgan fingerprint density at radius 1 is 1.08 bits per heavy atom. The summed E-state index contributed by atoms with van der Waals surface area (Å²) in [5, 5.41) is 6.64. The van der Waals surface area contributed by atoms with Crippen molar-refractivity contribution in [2.75, 3.05) is 11.1 Å². The summed E-state index contributed by atoms with van der Waals surface area (Å²) in [5.41, 5.74) is 5.85. The average Bonchev–Trinajstić information content (AvgIpc) is 3.03. The maximum atomic E-state index is 12.6. The lowest BCUT2D eigenvalue weighted by Gasteiger charge is -2.07. The standard InChI is InChI=1S/C16H12F3N5O/c17-16(18,19)11-2-4-13(5-3-11)24-9-12(8-22-24)23-15(25)10-1-6-14(20)21-7-10/h1-9H,(H2,20,21)(H,23,25). The number of nitrogen functional groups attached to an aromatic ring is 1. The number of aromatic nitrogens is 3. The van der Waals surface area contributed by atoms with Gasteiger partial charge < -0.3 is 11.1 Å². The quantitative estimate of drug-likeness (QED) is 0.762. The Labute approximate surface area is 140 Å². The summed E-state index contributed by atoms with van der Waals surface area (Å²) in [4.78, 5) is 15.9. The zero-order chi connectivity index (χ0) is 18.0. The number of halogens is 3. The summed E-state index contributed by atoms with van der Waals surface area (Å²) in [6.45, 7) is 0. The first kappa shape index (κ1) is 16.5. The van der Waals surface area contributed by atoms with Crippen molar-refractivity contribution in [2.24, 2.45) is 0 Å². The minimum absolute atomic E-state index is 0.298. The number of hydrogen-bond acceptors (Lipinski definition) is 4. The molecule has 3 aromatic rings. The second-order valence-electron chi connectivity index (χ2n) is 5.14. The van der Waals surface area contributed by atoms with Gasteiger partial charge in [0.25, 0.3) is 5.91 Å². The molecule has 0 spiro atoms. The van der Waals surface area contributed by atoms with E-state index in [1.54, 1.807) is 0 Å². The van der Waals surface area contributed by atoms with E-state index in [9.17, 15) is 18.0 Å². The van der Waals surface area contributed by atoms with Crippen molar-refractivity contribution in [3.8, 4) is 5.69 Å². The number of amides is 1. The molecule has 25 heavy (non-hydrogen) atoms. The highest BCUT2D eigenvalue weighted by Gasteiger charge is 2.30. The number of anilines is 2. The monoisotopic (exact) mass is 347 g/mol. The van der Waals surface area contributed by atoms with Crippen LogP contribution in [0.4, 0.5) is 24.7 Å². The lowest BCUT2D eigenvalue weighted by Crippen LogP contribution is -2.11. The predicted octanol–water partition coefficient (Wildman–Crippen LogP) is 3.12. The molecule has 0 atom stereocenters. The van der Waals surface area contributed by atoms with Gasteiger partial charge in [-0.25, -0.2) is 9.67 Å². The number of benzene rings is 1. The smallest absolute Gasteiger partial charge is 0.384 e. The summed E-state index contributed by atoms with van der Waals surface area (Å²) in [6, 6.07) is 7.56. The minimum Gasteiger partial charge on any atom is -0.384 e. The van der Waals surface area contributed by atoms with Crippen molar-refractivity contribution in [1.29, 1.82) is 0 Å². The van der Waals surface area contributed by atoms with Gasteiger partial charge in [0.1, 0.15) is 5.82 Å². The van der Waals surface area contributed by atoms with Crippen molar-refractivity contribution in [1.82, 2.24) is 14.8 Å². The van der Waals surface area contributed by atoms with Crippen LogP contribution in [0, 0.1) is 0 Å². The Bertz CT molecular complexity index is 885. The number of pyridine rings is 1. The van der Waals surface area contributed by atoms with E-state index in [1.807, 2.05) is 0 Å². The molecular weight excluding hydrogens is 335 g/mol. The Morgan fingerprint density at radius 3 is 2.40 bits per heavy atom. The number of carbonyl (C=O) groups excluding carboxylic acids is 1. The molecule has 128 valence electrons. The highest BCUT2D eigenvalue weighted by Crippen LogP contribution is 2.29. The summed E-state index contributed by atoms with van der Waals surface area (Å²) in [5.74, 6) is -0.105. The maximum Gasteiger partial charge on any atom is 0.416 e. The number of hydrogen-bond donors (Lipinski definition) is 2. The van der Waals surface area contributed by atoms with E-state index < -0.39 is 17.6 Å². The van der Waals surface area contributed by atoms with E-state index in [1.165, 1.54) is 47.5 Å². The van der Waals surface area contributed by atoms with E-state index in [4.69, 9.17) is 5.73 Å². The predicted molar refractivity (Wildman–Crippen MR) is 85.2 cm³/mol. The Hall–Kier alpha value is -3.36. The molecule has 2 aromatic heterocycles. The van der Waals surface area contributed by atoms with Crippen molar-refractivity contribution >= 4 is 17.4 Å². The van der Waals surface area contributed by atoms with Gasteiger partial charge in [0, 0.05) is 6.20 Å². The van der Waals surface area contributed by atoms with Gasteiger partial charge >= 0.3 is 6.18 Å². The molecule has 0 aliphatic carbocycles. The first-order valence-corrected chi connectivity index (χ1v) is 7.08. The number of nitrogens with zero attached hydrogens (tertiary/aromatic N) is 3. The third-order valence-corrected chi connectivity index (χ3v) is 3.35. The van der Waals surface area contributed by atoms with Crippen molar-refractivity contribution in [3.05, 3.63) is 66.1 Å². The molecule has 0 bridgehead atoms. The van der Waals surface area contributed by atoms with Crippen LogP contribution in [0.25, 0.3) is 5.69 Å². The molecule has 0 unspecified atom stereocenters. The summed E-state index contributed by atoms with van der Waals surface area (Å²) >= 11 is 0. The molecule has 9 heteroatoms. The second-order valence-corrected chi connectivity index (χ2v) is 5.14. The number of alkyl halides is 3. The fourth-order valence-corrected chi connectivity index (χ4v) is 2.07. The van der Waals surface area contributed by atoms with Crippen LogP contribution in [0.5, 0.6) is 0 Å². The van der Waals surface area contributed by atoms with Crippen LogP contribution in [0.15, 0.2) is 55.0 Å². The van der Waals surface area contributed by atoms with Crippen LogP contribution < -0.4 is 11.1 Å². The highest BCUT2D eigenvalue weighted by molar-refractivity contribution is 6.04. The first-order chi connectivity index (χ1) is 11.8. The summed E-state index contributed by atoms with van der Waals surface area (Å²) in [6.07, 6.45) is -0.175. The molecule has 0 saturated heterocycles. The van der Waals surface area contributed by atoms with Crippen LogP contribution in [0.2, 0.25) is 0 Å². The number of nitrogens with two attached hydrogens (primary N) is 1. The molecule has 2 heterocycles. The van der Waals surface area contributed by atoms with Crippen LogP contribution in [0.3, 0.4) is 0 Å². The van der Waals surface area contributed by atoms with Crippen LogP contribution >= 0.6 is 0 Å². The lowest BCUT2D eigenvalue weighted by atomic mass is 10.2. The minimum atomic E-state index is -4.39. The van der Waals surface area contributed by atoms with Gasteiger partial charge in [0.05, 0.1) is 34.9 Å². The van der Waals surface area contributed by atoms with Gasteiger partial charge in [-0.1, -0.05) is 0 Å². The van der Waals surface area contributed by atoms with Crippen LogP contribution in [-0.2, 0) is 6.18 Å². The zero-order valence-corrected chi connectivity index (χ0v) is 12.7. The topological polar surface area (TPSA) is 85.8 Å². The molecule has 1 aromatic carbocycles. The van der Waals surface area contributed by atoms with Crippen molar-refractivity contribution in [2.45, 2.75) is 6.18 Å². The maximum absolute atomic E-state index is 12.6. The Balaban J connectivity index is 1.74. The van der Waals surface area contributed by atoms with Gasteiger partial charge in [-0.2, -0.15) is 18.3 Å².